The Hall–Kier alpha value is -3.04. The van der Waals surface area contributed by atoms with Crippen molar-refractivity contribution in [2.24, 2.45) is 34.5 Å². The number of carbonyl (C=O) groups is 2. The zero-order valence-electron chi connectivity index (χ0n) is 28.5. The highest BCUT2D eigenvalue weighted by Gasteiger charge is 2.60. The molecule has 1 N–H and O–H groups in total. The van der Waals surface area contributed by atoms with Gasteiger partial charge in [-0.05, 0) is 92.8 Å². The quantitative estimate of drug-likeness (QED) is 0.454. The average Bonchev–Trinajstić information content (AvgIpc) is 3.83. The molecule has 9 heteroatoms. The lowest BCUT2D eigenvalue weighted by atomic mass is 9.51. The molecule has 0 spiro atoms. The van der Waals surface area contributed by atoms with Crippen molar-refractivity contribution in [2.45, 2.75) is 71.8 Å². The largest absolute Gasteiger partial charge is 0.389 e. The van der Waals surface area contributed by atoms with Gasteiger partial charge in [0.1, 0.15) is 11.6 Å². The van der Waals surface area contributed by atoms with Crippen LogP contribution in [0.2, 0.25) is 0 Å². The number of hydrogen-bond donors (Lipinski definition) is 1. The zero-order chi connectivity index (χ0) is 32.5. The molecular weight excluding hydrogens is 588 g/mol. The van der Waals surface area contributed by atoms with Gasteiger partial charge in [0.15, 0.2) is 11.6 Å². The van der Waals surface area contributed by atoms with Crippen LogP contribution in [0.3, 0.4) is 0 Å². The first-order valence-corrected chi connectivity index (χ1v) is 18.4. The molecule has 2 unspecified atom stereocenters. The maximum absolute atomic E-state index is 14.3. The number of carbonyl (C=O) groups excluding carboxylic acids is 2. The van der Waals surface area contributed by atoms with Crippen LogP contribution in [0.1, 0.15) is 65.7 Å². The standard InChI is InChI=1S/C38H52N6O3/c1-25-20-29-27-22-31(46)30-21-26(45)8-10-37(30,2)28(27)9-11-38(29,3)35(25)32(47)24-41-16-18-43(19-17-41)34-23-33(42-12-4-5-13-42)39-36(40-34)44-14-6-7-15-44/h8-10,21,23,25,27,29,31,35,46H,4-7,11-20,22,24H2,1-3H3/t25?,27-,29+,31?,35-,37-,38+/m1/s1. The van der Waals surface area contributed by atoms with Crippen LogP contribution < -0.4 is 14.7 Å². The number of nitrogens with zero attached hydrogens (tertiary/aromatic N) is 6. The molecule has 252 valence electrons. The zero-order valence-corrected chi connectivity index (χ0v) is 28.5. The molecule has 2 saturated carbocycles. The van der Waals surface area contributed by atoms with Crippen LogP contribution in [0.4, 0.5) is 17.6 Å². The first-order chi connectivity index (χ1) is 22.6. The fraction of sp³-hybridized carbons (Fsp3) is 0.684. The van der Waals surface area contributed by atoms with Gasteiger partial charge in [-0.25, -0.2) is 0 Å². The minimum Gasteiger partial charge on any atom is -0.389 e. The number of aliphatic hydroxyl groups excluding tert-OH is 1. The second-order valence-electron chi connectivity index (χ2n) is 16.1. The minimum absolute atomic E-state index is 0.0154. The SMILES string of the molecule is CC1C[C@H]2[C@@H]3CC(O)C4=CC(=O)C=C[C@]4(C)C3=CC[C@]2(C)[C@H]1C(=O)CN1CCN(c2cc(N3CCCC3)nc(N3CCCC3)n2)CC1. The molecule has 1 aromatic rings. The Morgan fingerprint density at radius 3 is 2.21 bits per heavy atom. The van der Waals surface area contributed by atoms with E-state index in [1.165, 1.54) is 31.3 Å². The molecule has 8 rings (SSSR count). The molecule has 7 atom stereocenters. The van der Waals surface area contributed by atoms with Crippen LogP contribution in [0.15, 0.2) is 41.5 Å². The van der Waals surface area contributed by atoms with Crippen molar-refractivity contribution in [3.63, 3.8) is 0 Å². The molecule has 3 aliphatic heterocycles. The summed E-state index contributed by atoms with van der Waals surface area (Å²) in [6, 6.07) is 2.19. The average molecular weight is 641 g/mol. The van der Waals surface area contributed by atoms with E-state index in [-0.39, 0.29) is 23.0 Å². The number of aliphatic hydroxyl groups is 1. The maximum Gasteiger partial charge on any atom is 0.229 e. The van der Waals surface area contributed by atoms with Gasteiger partial charge in [0.05, 0.1) is 12.6 Å². The predicted octanol–water partition coefficient (Wildman–Crippen LogP) is 4.43. The number of aromatic nitrogens is 2. The third kappa shape index (κ3) is 5.27. The van der Waals surface area contributed by atoms with E-state index in [1.807, 2.05) is 6.08 Å². The van der Waals surface area contributed by atoms with Crippen molar-refractivity contribution in [3.8, 4) is 0 Å². The summed E-state index contributed by atoms with van der Waals surface area (Å²) in [5.74, 6) is 4.23. The van der Waals surface area contributed by atoms with E-state index in [0.717, 1.165) is 88.4 Å². The summed E-state index contributed by atoms with van der Waals surface area (Å²) in [5, 5.41) is 11.3. The van der Waals surface area contributed by atoms with Gasteiger partial charge in [-0.2, -0.15) is 9.97 Å². The van der Waals surface area contributed by atoms with Gasteiger partial charge >= 0.3 is 0 Å². The molecule has 0 bridgehead atoms. The van der Waals surface area contributed by atoms with Crippen molar-refractivity contribution in [1.29, 1.82) is 0 Å². The van der Waals surface area contributed by atoms with E-state index in [2.05, 4.69) is 52.5 Å². The lowest BCUT2D eigenvalue weighted by Gasteiger charge is -2.53. The Balaban J connectivity index is 0.955. The number of fused-ring (bicyclic) bond motifs is 5. The third-order valence-corrected chi connectivity index (χ3v) is 13.2. The van der Waals surface area contributed by atoms with Crippen molar-refractivity contribution >= 4 is 29.2 Å². The summed E-state index contributed by atoms with van der Waals surface area (Å²) in [7, 11) is 0. The Morgan fingerprint density at radius 2 is 1.53 bits per heavy atom. The summed E-state index contributed by atoms with van der Waals surface area (Å²) in [6.45, 7) is 14.9. The Morgan fingerprint density at radius 1 is 0.894 bits per heavy atom. The highest BCUT2D eigenvalue weighted by atomic mass is 16.3. The Labute approximate surface area is 279 Å². The van der Waals surface area contributed by atoms with Gasteiger partial charge in [-0.15, -0.1) is 0 Å². The Kier molecular flexibility index (Phi) is 7.86. The molecule has 0 radical (unpaired) electrons. The molecule has 4 heterocycles. The van der Waals surface area contributed by atoms with Gasteiger partial charge in [-0.1, -0.05) is 31.6 Å². The number of allylic oxidation sites excluding steroid dienone is 5. The second-order valence-corrected chi connectivity index (χ2v) is 16.1. The summed E-state index contributed by atoms with van der Waals surface area (Å²) in [5.41, 5.74) is 1.67. The van der Waals surface area contributed by atoms with E-state index in [9.17, 15) is 14.7 Å². The lowest BCUT2D eigenvalue weighted by molar-refractivity contribution is -0.129. The highest BCUT2D eigenvalue weighted by molar-refractivity contribution is 6.01. The van der Waals surface area contributed by atoms with E-state index in [0.29, 0.717) is 30.6 Å². The number of ketones is 2. The minimum atomic E-state index is -0.618. The normalized spacial score (nSPS) is 37.1. The number of piperazine rings is 1. The van der Waals surface area contributed by atoms with Gasteiger partial charge in [-0.3, -0.25) is 14.5 Å². The van der Waals surface area contributed by atoms with Gasteiger partial charge in [0.2, 0.25) is 5.95 Å². The van der Waals surface area contributed by atoms with Crippen LogP contribution in [-0.2, 0) is 9.59 Å². The topological polar surface area (TPSA) is 93.1 Å². The van der Waals surface area contributed by atoms with Crippen LogP contribution in [0, 0.1) is 34.5 Å². The molecule has 4 aliphatic carbocycles. The van der Waals surface area contributed by atoms with E-state index >= 15 is 0 Å². The fourth-order valence-electron chi connectivity index (χ4n) is 10.8. The predicted molar refractivity (Wildman–Crippen MR) is 185 cm³/mol. The number of hydrogen-bond acceptors (Lipinski definition) is 9. The van der Waals surface area contributed by atoms with Crippen LogP contribution in [0.5, 0.6) is 0 Å². The van der Waals surface area contributed by atoms with E-state index in [4.69, 9.17) is 9.97 Å². The molecular formula is C38H52N6O3. The van der Waals surface area contributed by atoms with Crippen molar-refractivity contribution in [1.82, 2.24) is 14.9 Å². The molecule has 9 nitrogen and oxygen atoms in total. The van der Waals surface area contributed by atoms with Crippen molar-refractivity contribution in [3.05, 3.63) is 41.5 Å². The third-order valence-electron chi connectivity index (χ3n) is 13.2. The van der Waals surface area contributed by atoms with E-state index < -0.39 is 11.5 Å². The van der Waals surface area contributed by atoms with E-state index in [1.54, 1.807) is 12.2 Å². The molecule has 0 amide bonds. The molecule has 47 heavy (non-hydrogen) atoms. The van der Waals surface area contributed by atoms with Crippen molar-refractivity contribution in [2.75, 3.05) is 73.6 Å². The van der Waals surface area contributed by atoms with Crippen LogP contribution in [-0.4, -0.2) is 96.5 Å². The number of Topliss-reactive ketones (excluding diaryl/α,β-unsaturated/α-hetero) is 1. The summed E-state index contributed by atoms with van der Waals surface area (Å²) >= 11 is 0. The first kappa shape index (κ1) is 31.2. The van der Waals surface area contributed by atoms with Crippen LogP contribution >= 0.6 is 0 Å². The highest BCUT2D eigenvalue weighted by Crippen LogP contribution is 2.65. The fourth-order valence-corrected chi connectivity index (χ4v) is 10.8. The molecule has 1 aromatic heterocycles. The Bertz CT molecular complexity index is 1480. The smallest absolute Gasteiger partial charge is 0.229 e. The summed E-state index contributed by atoms with van der Waals surface area (Å²) < 4.78 is 0. The maximum atomic E-state index is 14.3. The molecule has 3 saturated heterocycles. The van der Waals surface area contributed by atoms with Gasteiger partial charge in [0.25, 0.3) is 0 Å². The second kappa shape index (κ2) is 11.8. The number of rotatable bonds is 6. The molecule has 0 aromatic carbocycles. The number of anilines is 3. The summed E-state index contributed by atoms with van der Waals surface area (Å²) in [6.07, 6.45) is 14.5. The van der Waals surface area contributed by atoms with Gasteiger partial charge < -0.3 is 19.8 Å². The lowest BCUT2D eigenvalue weighted by Crippen LogP contribution is -2.51. The molecule has 7 aliphatic rings. The molecule has 5 fully saturated rings. The first-order valence-electron chi connectivity index (χ1n) is 18.4. The summed E-state index contributed by atoms with van der Waals surface area (Å²) in [4.78, 5) is 46.1. The van der Waals surface area contributed by atoms with Crippen molar-refractivity contribution < 1.29 is 14.7 Å². The van der Waals surface area contributed by atoms with Crippen LogP contribution in [0.25, 0.3) is 0 Å². The monoisotopic (exact) mass is 640 g/mol. The van der Waals surface area contributed by atoms with Gasteiger partial charge in [0, 0.05) is 69.8 Å².